The van der Waals surface area contributed by atoms with Crippen LogP contribution in [0.5, 0.6) is 0 Å². The topological polar surface area (TPSA) is 71.1 Å². The Bertz CT molecular complexity index is 502. The van der Waals surface area contributed by atoms with Crippen molar-refractivity contribution in [2.45, 2.75) is 19.4 Å². The number of amidine groups is 1. The number of hydrogen-bond acceptors (Lipinski definition) is 4. The van der Waals surface area contributed by atoms with Gasteiger partial charge < -0.3 is 20.6 Å². The Kier molecular flexibility index (Phi) is 5.52. The maximum Gasteiger partial charge on any atom is 0.170 e. The van der Waals surface area contributed by atoms with E-state index in [1.165, 1.54) is 18.6 Å². The van der Waals surface area contributed by atoms with E-state index < -0.39 is 5.82 Å². The van der Waals surface area contributed by atoms with Crippen molar-refractivity contribution in [1.29, 1.82) is 0 Å². The van der Waals surface area contributed by atoms with Gasteiger partial charge in [0.2, 0.25) is 0 Å². The van der Waals surface area contributed by atoms with Crippen LogP contribution in [0.15, 0.2) is 23.4 Å². The molecule has 0 amide bonds. The van der Waals surface area contributed by atoms with Crippen LogP contribution < -0.4 is 5.73 Å². The van der Waals surface area contributed by atoms with Gasteiger partial charge in [0.05, 0.1) is 6.61 Å². The van der Waals surface area contributed by atoms with Crippen molar-refractivity contribution in [2.24, 2.45) is 16.8 Å². The molecule has 1 aromatic rings. The molecule has 1 saturated heterocycles. The number of nitrogens with zero attached hydrogens (tertiary/aromatic N) is 2. The van der Waals surface area contributed by atoms with E-state index in [9.17, 15) is 4.39 Å². The van der Waals surface area contributed by atoms with Crippen molar-refractivity contribution in [3.63, 3.8) is 0 Å². The lowest BCUT2D eigenvalue weighted by Crippen LogP contribution is -2.31. The van der Waals surface area contributed by atoms with Crippen LogP contribution >= 0.6 is 0 Å². The van der Waals surface area contributed by atoms with Gasteiger partial charge in [-0.1, -0.05) is 11.2 Å². The van der Waals surface area contributed by atoms with Crippen molar-refractivity contribution < 1.29 is 14.3 Å². The standard InChI is InChI=1S/C15H22FN3O2/c1-19(8-11-3-2-6-21-10-11)9-12-4-5-13(16)7-14(12)15(17)18-20/h4-5,7,11,20H,2-3,6,8-10H2,1H3,(H2,17,18). The molecule has 116 valence electrons. The highest BCUT2D eigenvalue weighted by Crippen LogP contribution is 2.17. The Morgan fingerprint density at radius 2 is 2.38 bits per heavy atom. The zero-order chi connectivity index (χ0) is 15.2. The van der Waals surface area contributed by atoms with E-state index in [4.69, 9.17) is 15.7 Å². The first-order chi connectivity index (χ1) is 10.1. The lowest BCUT2D eigenvalue weighted by atomic mass is 10.0. The molecule has 0 aliphatic carbocycles. The van der Waals surface area contributed by atoms with Gasteiger partial charge in [-0.15, -0.1) is 0 Å². The van der Waals surface area contributed by atoms with E-state index in [0.717, 1.165) is 31.7 Å². The first kappa shape index (κ1) is 15.7. The summed E-state index contributed by atoms with van der Waals surface area (Å²) in [6, 6.07) is 4.36. The molecular weight excluding hydrogens is 273 g/mol. The van der Waals surface area contributed by atoms with E-state index in [1.54, 1.807) is 6.07 Å². The van der Waals surface area contributed by atoms with Gasteiger partial charge in [-0.3, -0.25) is 0 Å². The Morgan fingerprint density at radius 3 is 3.05 bits per heavy atom. The second-order valence-electron chi connectivity index (χ2n) is 5.57. The summed E-state index contributed by atoms with van der Waals surface area (Å²) in [6.07, 6.45) is 2.27. The lowest BCUT2D eigenvalue weighted by Gasteiger charge is -2.27. The average molecular weight is 295 g/mol. The van der Waals surface area contributed by atoms with E-state index >= 15 is 0 Å². The molecule has 1 aliphatic heterocycles. The maximum absolute atomic E-state index is 13.3. The molecule has 2 rings (SSSR count). The summed E-state index contributed by atoms with van der Waals surface area (Å²) in [4.78, 5) is 2.15. The van der Waals surface area contributed by atoms with Crippen molar-refractivity contribution in [1.82, 2.24) is 4.90 Å². The molecule has 5 nitrogen and oxygen atoms in total. The second-order valence-corrected chi connectivity index (χ2v) is 5.57. The van der Waals surface area contributed by atoms with Crippen LogP contribution in [0.3, 0.4) is 0 Å². The van der Waals surface area contributed by atoms with Gasteiger partial charge in [-0.2, -0.15) is 0 Å². The van der Waals surface area contributed by atoms with Crippen molar-refractivity contribution in [3.8, 4) is 0 Å². The molecule has 0 saturated carbocycles. The summed E-state index contributed by atoms with van der Waals surface area (Å²) < 4.78 is 18.8. The van der Waals surface area contributed by atoms with Crippen molar-refractivity contribution in [2.75, 3.05) is 26.8 Å². The molecular formula is C15H22FN3O2. The van der Waals surface area contributed by atoms with Gasteiger partial charge in [0.1, 0.15) is 5.82 Å². The van der Waals surface area contributed by atoms with Crippen LogP contribution in [0.2, 0.25) is 0 Å². The van der Waals surface area contributed by atoms with Gasteiger partial charge >= 0.3 is 0 Å². The molecule has 0 aromatic heterocycles. The molecule has 1 unspecified atom stereocenters. The van der Waals surface area contributed by atoms with Gasteiger partial charge in [-0.05, 0) is 43.5 Å². The third-order valence-corrected chi connectivity index (χ3v) is 3.72. The van der Waals surface area contributed by atoms with E-state index in [2.05, 4.69) is 10.1 Å². The smallest absolute Gasteiger partial charge is 0.170 e. The summed E-state index contributed by atoms with van der Waals surface area (Å²) in [5.74, 6) is 0.0547. The highest BCUT2D eigenvalue weighted by atomic mass is 19.1. The summed E-state index contributed by atoms with van der Waals surface area (Å²) in [7, 11) is 2.01. The van der Waals surface area contributed by atoms with Crippen LogP contribution in [0.1, 0.15) is 24.0 Å². The summed E-state index contributed by atoms with van der Waals surface area (Å²) >= 11 is 0. The molecule has 1 heterocycles. The van der Waals surface area contributed by atoms with Gasteiger partial charge in [-0.25, -0.2) is 4.39 Å². The Hall–Kier alpha value is -1.66. The lowest BCUT2D eigenvalue weighted by molar-refractivity contribution is 0.0411. The minimum Gasteiger partial charge on any atom is -0.409 e. The predicted molar refractivity (Wildman–Crippen MR) is 78.8 cm³/mol. The average Bonchev–Trinajstić information content (AvgIpc) is 2.49. The highest BCUT2D eigenvalue weighted by Gasteiger charge is 2.17. The molecule has 0 radical (unpaired) electrons. The fraction of sp³-hybridized carbons (Fsp3) is 0.533. The van der Waals surface area contributed by atoms with Crippen molar-refractivity contribution >= 4 is 5.84 Å². The van der Waals surface area contributed by atoms with Gasteiger partial charge in [0, 0.05) is 25.3 Å². The highest BCUT2D eigenvalue weighted by molar-refractivity contribution is 5.98. The molecule has 1 aliphatic rings. The minimum atomic E-state index is -0.399. The maximum atomic E-state index is 13.3. The zero-order valence-electron chi connectivity index (χ0n) is 12.3. The Balaban J connectivity index is 2.04. The molecule has 21 heavy (non-hydrogen) atoms. The number of oxime groups is 1. The molecule has 1 atom stereocenters. The summed E-state index contributed by atoms with van der Waals surface area (Å²) in [5, 5.41) is 11.8. The van der Waals surface area contributed by atoms with Gasteiger partial charge in [0.25, 0.3) is 0 Å². The van der Waals surface area contributed by atoms with E-state index in [-0.39, 0.29) is 5.84 Å². The van der Waals surface area contributed by atoms with Crippen LogP contribution in [0.25, 0.3) is 0 Å². The monoisotopic (exact) mass is 295 g/mol. The van der Waals surface area contributed by atoms with E-state index in [0.29, 0.717) is 18.0 Å². The molecule has 1 aromatic carbocycles. The number of halogens is 1. The third kappa shape index (κ3) is 4.41. The first-order valence-corrected chi connectivity index (χ1v) is 7.12. The fourth-order valence-corrected chi connectivity index (χ4v) is 2.73. The van der Waals surface area contributed by atoms with E-state index in [1.807, 2.05) is 7.05 Å². The van der Waals surface area contributed by atoms with Crippen LogP contribution in [0.4, 0.5) is 4.39 Å². The first-order valence-electron chi connectivity index (χ1n) is 7.12. The number of rotatable bonds is 5. The molecule has 6 heteroatoms. The number of benzene rings is 1. The number of hydrogen-bond donors (Lipinski definition) is 2. The minimum absolute atomic E-state index is 0.0705. The summed E-state index contributed by atoms with van der Waals surface area (Å²) in [5.41, 5.74) is 6.89. The van der Waals surface area contributed by atoms with Crippen LogP contribution in [0, 0.1) is 11.7 Å². The SMILES string of the molecule is CN(Cc1ccc(F)cc1C(N)=NO)CC1CCCOC1. The fourth-order valence-electron chi connectivity index (χ4n) is 2.73. The predicted octanol–water partition coefficient (Wildman–Crippen LogP) is 1.78. The third-order valence-electron chi connectivity index (χ3n) is 3.72. The normalized spacial score (nSPS) is 20.0. The zero-order valence-corrected chi connectivity index (χ0v) is 12.3. The Morgan fingerprint density at radius 1 is 1.57 bits per heavy atom. The molecule has 3 N–H and O–H groups in total. The molecule has 0 bridgehead atoms. The quantitative estimate of drug-likeness (QED) is 0.376. The van der Waals surface area contributed by atoms with Crippen LogP contribution in [-0.2, 0) is 11.3 Å². The molecule has 0 spiro atoms. The largest absolute Gasteiger partial charge is 0.409 e. The molecule has 1 fully saturated rings. The van der Waals surface area contributed by atoms with Gasteiger partial charge in [0.15, 0.2) is 5.84 Å². The second kappa shape index (κ2) is 7.38. The number of ether oxygens (including phenoxy) is 1. The van der Waals surface area contributed by atoms with Crippen LogP contribution in [-0.4, -0.2) is 42.7 Å². The summed E-state index contributed by atoms with van der Waals surface area (Å²) in [6.45, 7) is 3.17. The van der Waals surface area contributed by atoms with Crippen molar-refractivity contribution in [3.05, 3.63) is 35.1 Å². The Labute approximate surface area is 124 Å². The number of nitrogens with two attached hydrogens (primary N) is 1.